The molecule has 3 atom stereocenters. The summed E-state index contributed by atoms with van der Waals surface area (Å²) in [6, 6.07) is 28.8. The van der Waals surface area contributed by atoms with Crippen LogP contribution in [0.4, 0.5) is 0 Å². The van der Waals surface area contributed by atoms with Crippen molar-refractivity contribution in [2.45, 2.75) is 37.4 Å². The Hall–Kier alpha value is -2.24. The van der Waals surface area contributed by atoms with Gasteiger partial charge in [0.05, 0.1) is 14.2 Å². The molecule has 3 fully saturated rings. The van der Waals surface area contributed by atoms with Crippen LogP contribution < -0.4 is 14.8 Å². The molecule has 6 heteroatoms. The molecular formula is C29H36Cl2N2O2. The van der Waals surface area contributed by atoms with Gasteiger partial charge in [-0.05, 0) is 61.2 Å². The summed E-state index contributed by atoms with van der Waals surface area (Å²) in [4.78, 5) is 2.72. The number of hydrogen-bond acceptors (Lipinski definition) is 4. The van der Waals surface area contributed by atoms with Crippen LogP contribution in [0.2, 0.25) is 0 Å². The summed E-state index contributed by atoms with van der Waals surface area (Å²) in [5.41, 5.74) is 3.91. The normalized spacial score (nSPS) is 23.5. The van der Waals surface area contributed by atoms with E-state index in [1.165, 1.54) is 42.6 Å². The van der Waals surface area contributed by atoms with Crippen molar-refractivity contribution in [3.05, 3.63) is 95.6 Å². The molecule has 1 N–H and O–H groups in total. The van der Waals surface area contributed by atoms with Crippen LogP contribution in [0.15, 0.2) is 78.9 Å². The topological polar surface area (TPSA) is 33.7 Å². The lowest BCUT2D eigenvalue weighted by Crippen LogP contribution is -2.64. The molecule has 0 spiro atoms. The first-order valence-electron chi connectivity index (χ1n) is 12.1. The molecule has 3 aromatic rings. The summed E-state index contributed by atoms with van der Waals surface area (Å²) in [6.07, 6.45) is 2.53. The lowest BCUT2D eigenvalue weighted by molar-refractivity contribution is 0.00460. The molecule has 4 nitrogen and oxygen atoms in total. The third-order valence-corrected chi connectivity index (χ3v) is 7.55. The van der Waals surface area contributed by atoms with Gasteiger partial charge in [-0.25, -0.2) is 0 Å². The number of fused-ring (bicyclic) bond motifs is 3. The van der Waals surface area contributed by atoms with E-state index in [0.717, 1.165) is 18.0 Å². The van der Waals surface area contributed by atoms with Crippen molar-refractivity contribution in [1.29, 1.82) is 0 Å². The summed E-state index contributed by atoms with van der Waals surface area (Å²) in [5.74, 6) is 2.84. The van der Waals surface area contributed by atoms with E-state index >= 15 is 0 Å². The molecule has 2 bridgehead atoms. The predicted octanol–water partition coefficient (Wildman–Crippen LogP) is 5.93. The Labute approximate surface area is 221 Å². The van der Waals surface area contributed by atoms with Gasteiger partial charge >= 0.3 is 0 Å². The van der Waals surface area contributed by atoms with Crippen molar-refractivity contribution in [1.82, 2.24) is 10.2 Å². The zero-order valence-electron chi connectivity index (χ0n) is 20.4. The molecule has 0 saturated carbocycles. The summed E-state index contributed by atoms with van der Waals surface area (Å²) in [6.45, 7) is 3.17. The number of methoxy groups -OCH3 is 2. The van der Waals surface area contributed by atoms with Crippen molar-refractivity contribution in [3.8, 4) is 11.5 Å². The van der Waals surface area contributed by atoms with Crippen LogP contribution in [0.3, 0.4) is 0 Å². The lowest BCUT2D eigenvalue weighted by atomic mass is 9.70. The fourth-order valence-corrected chi connectivity index (χ4v) is 5.95. The zero-order chi connectivity index (χ0) is 22.6. The maximum absolute atomic E-state index is 5.62. The lowest BCUT2D eigenvalue weighted by Gasteiger charge is -2.54. The standard InChI is InChI=1S/C29H34N2O2.2ClH/c1-32-25-13-8-12-23(19-25)27(21-9-4-3-5-10-21)29-28(22-15-17-31(29)18-16-22)30-20-24-11-6-7-14-26(24)33-2;;/h3-14,19,22,27-30H,15-18,20H2,1-2H3;2*1H. The Bertz CT molecular complexity index is 1060. The second-order valence-corrected chi connectivity index (χ2v) is 9.25. The predicted molar refractivity (Wildman–Crippen MR) is 147 cm³/mol. The quantitative estimate of drug-likeness (QED) is 0.403. The first kappa shape index (κ1) is 27.3. The van der Waals surface area contributed by atoms with E-state index in [2.05, 4.69) is 70.9 Å². The van der Waals surface area contributed by atoms with Gasteiger partial charge in [0.1, 0.15) is 11.5 Å². The van der Waals surface area contributed by atoms with Gasteiger partial charge in [0.25, 0.3) is 0 Å². The summed E-state index contributed by atoms with van der Waals surface area (Å²) < 4.78 is 11.2. The minimum atomic E-state index is 0. The van der Waals surface area contributed by atoms with Crippen molar-refractivity contribution in [3.63, 3.8) is 0 Å². The molecule has 0 radical (unpaired) electrons. The van der Waals surface area contributed by atoms with E-state index < -0.39 is 0 Å². The molecule has 3 aliphatic heterocycles. The number of nitrogens with zero attached hydrogens (tertiary/aromatic N) is 1. The van der Waals surface area contributed by atoms with Crippen LogP contribution >= 0.6 is 24.8 Å². The summed E-state index contributed by atoms with van der Waals surface area (Å²) >= 11 is 0. The molecule has 0 amide bonds. The van der Waals surface area contributed by atoms with E-state index in [1.807, 2.05) is 18.2 Å². The Morgan fingerprint density at radius 1 is 0.829 bits per heavy atom. The van der Waals surface area contributed by atoms with E-state index in [-0.39, 0.29) is 30.7 Å². The molecule has 3 unspecified atom stereocenters. The Kier molecular flexibility index (Phi) is 9.88. The molecular weight excluding hydrogens is 479 g/mol. The molecule has 3 heterocycles. The Balaban J connectivity index is 0.00000171. The number of ether oxygens (including phenoxy) is 2. The van der Waals surface area contributed by atoms with Crippen LogP contribution in [0, 0.1) is 5.92 Å². The van der Waals surface area contributed by atoms with Gasteiger partial charge < -0.3 is 14.8 Å². The second-order valence-electron chi connectivity index (χ2n) is 9.25. The number of para-hydroxylation sites is 1. The molecule has 6 rings (SSSR count). The number of nitrogens with one attached hydrogen (secondary N) is 1. The van der Waals surface area contributed by atoms with Crippen molar-refractivity contribution in [2.24, 2.45) is 5.92 Å². The van der Waals surface area contributed by atoms with Crippen LogP contribution in [-0.2, 0) is 6.54 Å². The molecule has 188 valence electrons. The fraction of sp³-hybridized carbons (Fsp3) is 0.379. The molecule has 0 aliphatic carbocycles. The average Bonchev–Trinajstić information content (AvgIpc) is 2.89. The minimum absolute atomic E-state index is 0. The third kappa shape index (κ3) is 5.78. The van der Waals surface area contributed by atoms with Gasteiger partial charge in [0.2, 0.25) is 0 Å². The number of hydrogen-bond donors (Lipinski definition) is 1. The van der Waals surface area contributed by atoms with Gasteiger partial charge in [-0.15, -0.1) is 24.8 Å². The van der Waals surface area contributed by atoms with E-state index in [9.17, 15) is 0 Å². The molecule has 0 aromatic heterocycles. The van der Waals surface area contributed by atoms with Gasteiger partial charge in [0.15, 0.2) is 0 Å². The number of halogens is 2. The Morgan fingerprint density at radius 3 is 2.23 bits per heavy atom. The van der Waals surface area contributed by atoms with Gasteiger partial charge in [-0.3, -0.25) is 4.90 Å². The molecule has 3 saturated heterocycles. The fourth-order valence-electron chi connectivity index (χ4n) is 5.95. The highest BCUT2D eigenvalue weighted by molar-refractivity contribution is 5.85. The smallest absolute Gasteiger partial charge is 0.123 e. The highest BCUT2D eigenvalue weighted by Crippen LogP contribution is 2.42. The number of rotatable bonds is 8. The highest BCUT2D eigenvalue weighted by Gasteiger charge is 2.46. The number of benzene rings is 3. The zero-order valence-corrected chi connectivity index (χ0v) is 22.1. The molecule has 3 aromatic carbocycles. The second kappa shape index (κ2) is 12.6. The van der Waals surface area contributed by atoms with Crippen LogP contribution in [0.25, 0.3) is 0 Å². The summed E-state index contributed by atoms with van der Waals surface area (Å²) in [7, 11) is 3.50. The highest BCUT2D eigenvalue weighted by atomic mass is 35.5. The number of piperidine rings is 3. The van der Waals surface area contributed by atoms with E-state index in [1.54, 1.807) is 14.2 Å². The first-order chi connectivity index (χ1) is 16.3. The summed E-state index contributed by atoms with van der Waals surface area (Å²) in [5, 5.41) is 3.99. The third-order valence-electron chi connectivity index (χ3n) is 7.55. The SMILES string of the molecule is COc1cccc(C(c2ccccc2)C2C(NCc3ccccc3OC)C3CCN2CC3)c1.Cl.Cl. The average molecular weight is 516 g/mol. The van der Waals surface area contributed by atoms with Crippen molar-refractivity contribution < 1.29 is 9.47 Å². The molecule has 3 aliphatic rings. The van der Waals surface area contributed by atoms with Crippen LogP contribution in [0.1, 0.15) is 35.4 Å². The van der Waals surface area contributed by atoms with Crippen LogP contribution in [0.5, 0.6) is 11.5 Å². The minimum Gasteiger partial charge on any atom is -0.497 e. The van der Waals surface area contributed by atoms with E-state index in [0.29, 0.717) is 18.0 Å². The van der Waals surface area contributed by atoms with Gasteiger partial charge in [-0.2, -0.15) is 0 Å². The van der Waals surface area contributed by atoms with Gasteiger partial charge in [-0.1, -0.05) is 60.7 Å². The van der Waals surface area contributed by atoms with Crippen molar-refractivity contribution in [2.75, 3.05) is 27.3 Å². The Morgan fingerprint density at radius 2 is 1.51 bits per heavy atom. The van der Waals surface area contributed by atoms with Crippen molar-refractivity contribution >= 4 is 24.8 Å². The van der Waals surface area contributed by atoms with E-state index in [4.69, 9.17) is 9.47 Å². The molecule has 35 heavy (non-hydrogen) atoms. The van der Waals surface area contributed by atoms with Crippen LogP contribution in [-0.4, -0.2) is 44.3 Å². The maximum atomic E-state index is 5.62. The largest absolute Gasteiger partial charge is 0.497 e. The monoisotopic (exact) mass is 514 g/mol. The maximum Gasteiger partial charge on any atom is 0.123 e. The van der Waals surface area contributed by atoms with Gasteiger partial charge in [0, 0.05) is 30.1 Å². The first-order valence-corrected chi connectivity index (χ1v) is 12.1.